The highest BCUT2D eigenvalue weighted by atomic mass is 35.5. The van der Waals surface area contributed by atoms with Crippen LogP contribution >= 0.6 is 34.3 Å². The van der Waals surface area contributed by atoms with E-state index in [0.717, 1.165) is 9.90 Å². The van der Waals surface area contributed by atoms with Crippen molar-refractivity contribution in [3.05, 3.63) is 55.9 Å². The van der Waals surface area contributed by atoms with Crippen LogP contribution in [0.2, 0.25) is 4.34 Å². The Labute approximate surface area is 124 Å². The first-order chi connectivity index (χ1) is 9.20. The average Bonchev–Trinajstić information content (AvgIpc) is 3.04. The molecule has 0 spiro atoms. The number of rotatable bonds is 2. The van der Waals surface area contributed by atoms with Crippen molar-refractivity contribution >= 4 is 40.2 Å². The summed E-state index contributed by atoms with van der Waals surface area (Å²) in [7, 11) is 0. The molecule has 3 rings (SSSR count). The second-order valence-corrected chi connectivity index (χ2v) is 6.94. The lowest BCUT2D eigenvalue weighted by Gasteiger charge is -2.32. The Kier molecular flexibility index (Phi) is 3.48. The normalized spacial score (nSPS) is 18.2. The maximum Gasteiger partial charge on any atom is 0.246 e. The molecule has 5 heteroatoms. The number of thiophene rings is 2. The largest absolute Gasteiger partial charge is 0.333 e. The third-order valence-electron chi connectivity index (χ3n) is 3.40. The molecule has 0 aliphatic carbocycles. The van der Waals surface area contributed by atoms with Crippen LogP contribution in [0.4, 0.5) is 0 Å². The first kappa shape index (κ1) is 12.9. The van der Waals surface area contributed by atoms with Crippen molar-refractivity contribution in [2.45, 2.75) is 12.5 Å². The van der Waals surface area contributed by atoms with Crippen molar-refractivity contribution in [3.63, 3.8) is 0 Å². The molecule has 98 valence electrons. The van der Waals surface area contributed by atoms with Crippen molar-refractivity contribution in [2.24, 2.45) is 0 Å². The zero-order valence-corrected chi connectivity index (χ0v) is 12.5. The molecule has 1 aliphatic heterocycles. The summed E-state index contributed by atoms with van der Waals surface area (Å²) in [6.45, 7) is 4.92. The van der Waals surface area contributed by atoms with E-state index >= 15 is 0 Å². The highest BCUT2D eigenvalue weighted by Crippen LogP contribution is 2.40. The summed E-state index contributed by atoms with van der Waals surface area (Å²) in [5.41, 5.74) is 2.42. The highest BCUT2D eigenvalue weighted by molar-refractivity contribution is 7.14. The van der Waals surface area contributed by atoms with Crippen molar-refractivity contribution < 1.29 is 4.79 Å². The lowest BCUT2D eigenvalue weighted by Crippen LogP contribution is -2.36. The fourth-order valence-electron chi connectivity index (χ4n) is 2.46. The van der Waals surface area contributed by atoms with Gasteiger partial charge in [0.2, 0.25) is 5.91 Å². The molecule has 0 bridgehead atoms. The molecule has 0 aromatic carbocycles. The van der Waals surface area contributed by atoms with Crippen LogP contribution in [0.3, 0.4) is 0 Å². The lowest BCUT2D eigenvalue weighted by atomic mass is 9.90. The molecule has 0 radical (unpaired) electrons. The second kappa shape index (κ2) is 5.12. The molecule has 1 atom stereocenters. The van der Waals surface area contributed by atoms with Crippen LogP contribution in [-0.4, -0.2) is 17.4 Å². The van der Waals surface area contributed by atoms with Crippen LogP contribution < -0.4 is 0 Å². The fourth-order valence-corrected chi connectivity index (χ4v) is 4.45. The summed E-state index contributed by atoms with van der Waals surface area (Å²) >= 11 is 9.50. The molecule has 0 unspecified atom stereocenters. The molecule has 0 saturated heterocycles. The number of fused-ring (bicyclic) bond motifs is 1. The van der Waals surface area contributed by atoms with Gasteiger partial charge in [-0.3, -0.25) is 4.79 Å². The summed E-state index contributed by atoms with van der Waals surface area (Å²) in [4.78, 5) is 15.0. The smallest absolute Gasteiger partial charge is 0.246 e. The molecule has 2 aromatic rings. The lowest BCUT2D eigenvalue weighted by molar-refractivity contribution is -0.127. The van der Waals surface area contributed by atoms with Gasteiger partial charge < -0.3 is 4.90 Å². The molecule has 2 nitrogen and oxygen atoms in total. The minimum atomic E-state index is -0.0181. The summed E-state index contributed by atoms with van der Waals surface area (Å²) in [6, 6.07) is 4.20. The van der Waals surface area contributed by atoms with Gasteiger partial charge in [-0.2, -0.15) is 0 Å². The number of nitrogens with zero attached hydrogens (tertiary/aromatic N) is 1. The Morgan fingerprint density at radius 2 is 2.11 bits per heavy atom. The van der Waals surface area contributed by atoms with Gasteiger partial charge in [0.15, 0.2) is 0 Å². The number of carbonyl (C=O) groups excluding carboxylic acids is 1. The third-order valence-corrected chi connectivity index (χ3v) is 5.52. The maximum absolute atomic E-state index is 11.9. The van der Waals surface area contributed by atoms with E-state index in [1.54, 1.807) is 11.3 Å². The predicted molar refractivity (Wildman–Crippen MR) is 81.1 cm³/mol. The Hall–Kier alpha value is -1.10. The van der Waals surface area contributed by atoms with Gasteiger partial charge in [-0.25, -0.2) is 0 Å². The number of halogens is 1. The van der Waals surface area contributed by atoms with Crippen molar-refractivity contribution in [3.8, 4) is 0 Å². The monoisotopic (exact) mass is 309 g/mol. The van der Waals surface area contributed by atoms with E-state index in [9.17, 15) is 4.79 Å². The molecule has 19 heavy (non-hydrogen) atoms. The number of hydrogen-bond donors (Lipinski definition) is 0. The standard InChI is InChI=1S/C14H12ClNOS2/c1-2-13(17)16-7-11(10-4-6-19-14(10)15)9-3-5-18-12(9)8-16/h2-6,11H,1,7-8H2/t11-/m0/s1. The summed E-state index contributed by atoms with van der Waals surface area (Å²) in [6.07, 6.45) is 1.38. The zero-order valence-electron chi connectivity index (χ0n) is 10.1. The van der Waals surface area contributed by atoms with E-state index < -0.39 is 0 Å². The van der Waals surface area contributed by atoms with Crippen LogP contribution in [0.5, 0.6) is 0 Å². The molecule has 2 aromatic heterocycles. The highest BCUT2D eigenvalue weighted by Gasteiger charge is 2.30. The van der Waals surface area contributed by atoms with Gasteiger partial charge in [-0.1, -0.05) is 18.2 Å². The molecular weight excluding hydrogens is 298 g/mol. The van der Waals surface area contributed by atoms with Gasteiger partial charge in [-0.05, 0) is 40.1 Å². The Balaban J connectivity index is 2.02. The summed E-state index contributed by atoms with van der Waals surface area (Å²) in [5.74, 6) is 0.160. The van der Waals surface area contributed by atoms with E-state index in [1.807, 2.05) is 10.3 Å². The van der Waals surface area contributed by atoms with Crippen LogP contribution in [0.25, 0.3) is 0 Å². The van der Waals surface area contributed by atoms with E-state index in [-0.39, 0.29) is 11.8 Å². The van der Waals surface area contributed by atoms with Gasteiger partial charge >= 0.3 is 0 Å². The summed E-state index contributed by atoms with van der Waals surface area (Å²) < 4.78 is 0.815. The molecule has 3 heterocycles. The maximum atomic E-state index is 11.9. The topological polar surface area (TPSA) is 20.3 Å². The Morgan fingerprint density at radius 3 is 2.79 bits per heavy atom. The Morgan fingerprint density at radius 1 is 1.37 bits per heavy atom. The van der Waals surface area contributed by atoms with Crippen LogP contribution in [-0.2, 0) is 11.3 Å². The molecule has 1 aliphatic rings. The number of amides is 1. The third kappa shape index (κ3) is 2.24. The molecular formula is C14H12ClNOS2. The van der Waals surface area contributed by atoms with Gasteiger partial charge in [0.1, 0.15) is 0 Å². The van der Waals surface area contributed by atoms with Crippen molar-refractivity contribution in [1.82, 2.24) is 4.90 Å². The first-order valence-corrected chi connectivity index (χ1v) is 8.05. The molecule has 1 amide bonds. The van der Waals surface area contributed by atoms with E-state index in [1.165, 1.54) is 27.9 Å². The van der Waals surface area contributed by atoms with Gasteiger partial charge in [0, 0.05) is 17.3 Å². The van der Waals surface area contributed by atoms with Crippen LogP contribution in [0.15, 0.2) is 35.5 Å². The summed E-state index contributed by atoms with van der Waals surface area (Å²) in [5, 5.41) is 4.08. The molecule has 0 saturated carbocycles. The first-order valence-electron chi connectivity index (χ1n) is 5.91. The van der Waals surface area contributed by atoms with E-state index in [0.29, 0.717) is 13.1 Å². The van der Waals surface area contributed by atoms with Crippen molar-refractivity contribution in [2.75, 3.05) is 6.54 Å². The van der Waals surface area contributed by atoms with Gasteiger partial charge in [0.25, 0.3) is 0 Å². The van der Waals surface area contributed by atoms with Gasteiger partial charge in [0.05, 0.1) is 10.9 Å². The van der Waals surface area contributed by atoms with Crippen LogP contribution in [0, 0.1) is 0 Å². The fraction of sp³-hybridized carbons (Fsp3) is 0.214. The Bertz CT molecular complexity index is 631. The molecule has 0 fully saturated rings. The van der Waals surface area contributed by atoms with E-state index in [2.05, 4.69) is 24.1 Å². The molecule has 0 N–H and O–H groups in total. The number of hydrogen-bond acceptors (Lipinski definition) is 3. The number of carbonyl (C=O) groups is 1. The average molecular weight is 310 g/mol. The van der Waals surface area contributed by atoms with Gasteiger partial charge in [-0.15, -0.1) is 22.7 Å². The van der Waals surface area contributed by atoms with Crippen molar-refractivity contribution in [1.29, 1.82) is 0 Å². The van der Waals surface area contributed by atoms with Crippen LogP contribution in [0.1, 0.15) is 21.9 Å². The minimum absolute atomic E-state index is 0.0181. The zero-order chi connectivity index (χ0) is 13.4. The quantitative estimate of drug-likeness (QED) is 0.764. The minimum Gasteiger partial charge on any atom is -0.333 e. The SMILES string of the molecule is C=CC(=O)N1Cc2sccc2[C@@H](c2ccsc2Cl)C1. The second-order valence-electron chi connectivity index (χ2n) is 4.42. The van der Waals surface area contributed by atoms with E-state index in [4.69, 9.17) is 11.6 Å². The predicted octanol–water partition coefficient (Wildman–Crippen LogP) is 4.12.